The van der Waals surface area contributed by atoms with Gasteiger partial charge in [-0.2, -0.15) is 5.10 Å². The third-order valence-corrected chi connectivity index (χ3v) is 5.00. The van der Waals surface area contributed by atoms with Crippen LogP contribution in [0.4, 0.5) is 0 Å². The average molecular weight is 409 g/mol. The summed E-state index contributed by atoms with van der Waals surface area (Å²) in [6.07, 6.45) is 0. The van der Waals surface area contributed by atoms with Gasteiger partial charge >= 0.3 is 0 Å². The average Bonchev–Trinajstić information content (AvgIpc) is 3.04. The van der Waals surface area contributed by atoms with Crippen molar-refractivity contribution in [1.29, 1.82) is 0 Å². The van der Waals surface area contributed by atoms with Crippen LogP contribution in [-0.2, 0) is 20.7 Å². The molecule has 0 aliphatic carbocycles. The standard InChI is InChI=1S/C18H18Cl2N4O3/c1-9-7-14(23(3)21-9)27-8-12-13(19)6-5-11(16(12)20)17(25)15-10(2)22-24(4)18(15)26/h5-7,22H,8H2,1-4H3. The largest absolute Gasteiger partial charge is 0.473 e. The van der Waals surface area contributed by atoms with Crippen LogP contribution in [-0.4, -0.2) is 25.3 Å². The maximum Gasteiger partial charge on any atom is 0.277 e. The summed E-state index contributed by atoms with van der Waals surface area (Å²) in [7, 11) is 3.31. The second-order valence-corrected chi connectivity index (χ2v) is 7.01. The van der Waals surface area contributed by atoms with Gasteiger partial charge in [-0.1, -0.05) is 23.2 Å². The van der Waals surface area contributed by atoms with E-state index in [0.717, 1.165) is 5.69 Å². The maximum atomic E-state index is 12.9. The molecule has 0 amide bonds. The number of nitrogens with zero attached hydrogens (tertiary/aromatic N) is 3. The lowest BCUT2D eigenvalue weighted by atomic mass is 10.0. The first-order valence-corrected chi connectivity index (χ1v) is 8.87. The number of benzene rings is 1. The Morgan fingerprint density at radius 1 is 1.26 bits per heavy atom. The van der Waals surface area contributed by atoms with Gasteiger partial charge in [0.2, 0.25) is 11.7 Å². The van der Waals surface area contributed by atoms with Crippen molar-refractivity contribution in [2.75, 3.05) is 0 Å². The summed E-state index contributed by atoms with van der Waals surface area (Å²) >= 11 is 12.7. The number of aryl methyl sites for hydroxylation is 4. The summed E-state index contributed by atoms with van der Waals surface area (Å²) in [5.41, 5.74) is 1.59. The summed E-state index contributed by atoms with van der Waals surface area (Å²) in [5, 5.41) is 7.54. The van der Waals surface area contributed by atoms with Gasteiger partial charge in [-0.3, -0.25) is 19.4 Å². The lowest BCUT2D eigenvalue weighted by molar-refractivity contribution is 0.103. The minimum atomic E-state index is -0.464. The molecule has 0 atom stereocenters. The highest BCUT2D eigenvalue weighted by Crippen LogP contribution is 2.31. The van der Waals surface area contributed by atoms with Gasteiger partial charge in [-0.25, -0.2) is 4.68 Å². The Morgan fingerprint density at radius 3 is 2.52 bits per heavy atom. The summed E-state index contributed by atoms with van der Waals surface area (Å²) in [4.78, 5) is 25.1. The van der Waals surface area contributed by atoms with E-state index in [0.29, 0.717) is 22.2 Å². The number of H-pyrrole nitrogens is 1. The van der Waals surface area contributed by atoms with Gasteiger partial charge in [0.15, 0.2) is 0 Å². The van der Waals surface area contributed by atoms with E-state index < -0.39 is 11.3 Å². The minimum Gasteiger partial charge on any atom is -0.473 e. The van der Waals surface area contributed by atoms with Crippen molar-refractivity contribution >= 4 is 29.0 Å². The van der Waals surface area contributed by atoms with E-state index in [1.54, 1.807) is 37.8 Å². The van der Waals surface area contributed by atoms with Crippen LogP contribution in [0.1, 0.15) is 32.9 Å². The number of halogens is 2. The number of hydrogen-bond acceptors (Lipinski definition) is 4. The molecular weight excluding hydrogens is 391 g/mol. The smallest absolute Gasteiger partial charge is 0.277 e. The van der Waals surface area contributed by atoms with Crippen molar-refractivity contribution in [2.45, 2.75) is 20.5 Å². The van der Waals surface area contributed by atoms with Gasteiger partial charge in [0.25, 0.3) is 5.56 Å². The molecule has 3 aromatic rings. The number of ketones is 1. The highest BCUT2D eigenvalue weighted by atomic mass is 35.5. The molecule has 1 aromatic carbocycles. The number of aromatic nitrogens is 4. The van der Waals surface area contributed by atoms with Gasteiger partial charge in [0.1, 0.15) is 12.2 Å². The van der Waals surface area contributed by atoms with Gasteiger partial charge in [-0.15, -0.1) is 0 Å². The van der Waals surface area contributed by atoms with Gasteiger partial charge in [0.05, 0.1) is 10.7 Å². The monoisotopic (exact) mass is 408 g/mol. The predicted octanol–water partition coefficient (Wildman–Crippen LogP) is 3.18. The molecule has 0 fully saturated rings. The third kappa shape index (κ3) is 3.52. The minimum absolute atomic E-state index is 0.0517. The van der Waals surface area contributed by atoms with Crippen LogP contribution in [0.2, 0.25) is 10.0 Å². The predicted molar refractivity (Wildman–Crippen MR) is 103 cm³/mol. The second-order valence-electron chi connectivity index (χ2n) is 6.23. The van der Waals surface area contributed by atoms with Crippen molar-refractivity contribution in [3.05, 3.63) is 66.7 Å². The molecule has 7 nitrogen and oxygen atoms in total. The quantitative estimate of drug-likeness (QED) is 0.657. The Morgan fingerprint density at radius 2 is 1.96 bits per heavy atom. The molecule has 0 spiro atoms. The van der Waals surface area contributed by atoms with E-state index in [9.17, 15) is 9.59 Å². The molecule has 3 rings (SSSR count). The Hall–Kier alpha value is -2.51. The zero-order valence-corrected chi connectivity index (χ0v) is 16.8. The molecule has 0 saturated heterocycles. The van der Waals surface area contributed by atoms with Gasteiger partial charge < -0.3 is 4.74 Å². The molecule has 0 aliphatic heterocycles. The highest BCUT2D eigenvalue weighted by molar-refractivity contribution is 6.38. The number of ether oxygens (including phenoxy) is 1. The first-order chi connectivity index (χ1) is 12.7. The fraction of sp³-hybridized carbons (Fsp3) is 0.278. The number of carbonyl (C=O) groups excluding carboxylic acids is 1. The van der Waals surface area contributed by atoms with E-state index in [1.807, 2.05) is 6.92 Å². The van der Waals surface area contributed by atoms with E-state index in [-0.39, 0.29) is 22.8 Å². The summed E-state index contributed by atoms with van der Waals surface area (Å²) in [6.45, 7) is 3.57. The van der Waals surface area contributed by atoms with E-state index in [1.165, 1.54) is 10.7 Å². The van der Waals surface area contributed by atoms with Crippen LogP contribution in [0, 0.1) is 13.8 Å². The zero-order chi connectivity index (χ0) is 19.9. The Kier molecular flexibility index (Phi) is 5.17. The molecule has 27 heavy (non-hydrogen) atoms. The van der Waals surface area contributed by atoms with Gasteiger partial charge in [0, 0.05) is 42.0 Å². The molecule has 0 aliphatic rings. The first kappa shape index (κ1) is 19.3. The lowest BCUT2D eigenvalue weighted by Crippen LogP contribution is -2.20. The number of nitrogens with one attached hydrogen (secondary N) is 1. The summed E-state index contributed by atoms with van der Waals surface area (Å²) in [6, 6.07) is 4.86. The molecular formula is C18H18Cl2N4O3. The molecule has 0 radical (unpaired) electrons. The fourth-order valence-corrected chi connectivity index (χ4v) is 3.43. The van der Waals surface area contributed by atoms with E-state index >= 15 is 0 Å². The van der Waals surface area contributed by atoms with Crippen LogP contribution in [0.15, 0.2) is 23.0 Å². The Balaban J connectivity index is 1.97. The second kappa shape index (κ2) is 7.25. The Labute approximate surface area is 165 Å². The first-order valence-electron chi connectivity index (χ1n) is 8.11. The lowest BCUT2D eigenvalue weighted by Gasteiger charge is -2.12. The van der Waals surface area contributed by atoms with Crippen LogP contribution in [0.3, 0.4) is 0 Å². The number of carbonyl (C=O) groups is 1. The summed E-state index contributed by atoms with van der Waals surface area (Å²) in [5.74, 6) is 0.0837. The van der Waals surface area contributed by atoms with Crippen LogP contribution in [0.5, 0.6) is 5.88 Å². The van der Waals surface area contributed by atoms with E-state index in [2.05, 4.69) is 10.2 Å². The fourth-order valence-electron chi connectivity index (χ4n) is 2.86. The number of hydrogen-bond donors (Lipinski definition) is 1. The molecule has 0 unspecified atom stereocenters. The zero-order valence-electron chi connectivity index (χ0n) is 15.3. The Bertz CT molecular complexity index is 1090. The highest BCUT2D eigenvalue weighted by Gasteiger charge is 2.23. The van der Waals surface area contributed by atoms with E-state index in [4.69, 9.17) is 27.9 Å². The van der Waals surface area contributed by atoms with Crippen molar-refractivity contribution in [2.24, 2.45) is 14.1 Å². The molecule has 0 bridgehead atoms. The topological polar surface area (TPSA) is 81.9 Å². The van der Waals surface area contributed by atoms with Gasteiger partial charge in [-0.05, 0) is 26.0 Å². The molecule has 2 heterocycles. The van der Waals surface area contributed by atoms with Crippen LogP contribution < -0.4 is 10.3 Å². The number of rotatable bonds is 5. The summed E-state index contributed by atoms with van der Waals surface area (Å²) < 4.78 is 8.59. The molecule has 2 aromatic heterocycles. The molecule has 142 valence electrons. The van der Waals surface area contributed by atoms with Crippen molar-refractivity contribution in [3.63, 3.8) is 0 Å². The molecule has 0 saturated carbocycles. The normalized spacial score (nSPS) is 11.0. The SMILES string of the molecule is Cc1cc(OCc2c(Cl)ccc(C(=O)c3c(C)[nH]n(C)c3=O)c2Cl)n(C)n1. The van der Waals surface area contributed by atoms with Crippen LogP contribution in [0.25, 0.3) is 0 Å². The molecule has 1 N–H and O–H groups in total. The maximum absolute atomic E-state index is 12.9. The van der Waals surface area contributed by atoms with Crippen LogP contribution >= 0.6 is 23.2 Å². The third-order valence-electron chi connectivity index (χ3n) is 4.21. The number of aromatic amines is 1. The van der Waals surface area contributed by atoms with Crippen molar-refractivity contribution in [1.82, 2.24) is 19.6 Å². The molecule has 9 heteroatoms. The van der Waals surface area contributed by atoms with Crippen molar-refractivity contribution < 1.29 is 9.53 Å². The van der Waals surface area contributed by atoms with Crippen molar-refractivity contribution in [3.8, 4) is 5.88 Å².